The normalized spacial score (nSPS) is 10.5. The fourth-order valence-electron chi connectivity index (χ4n) is 2.13. The molecule has 1 aromatic carbocycles. The van der Waals surface area contributed by atoms with Crippen LogP contribution >= 0.6 is 0 Å². The van der Waals surface area contributed by atoms with E-state index in [1.165, 1.54) is 5.56 Å². The molecular formula is C16H17N5. The molecule has 0 unspecified atom stereocenters. The minimum absolute atomic E-state index is 0.735. The standard InChI is InChI=1S/C16H17N5/c1-2-20-13-15(11-19-20)10-17-16-6-3-5-14(9-16)12-21-8-4-7-18-21/h2-9,11,13,17H,1,10,12H2. The van der Waals surface area contributed by atoms with Gasteiger partial charge in [-0.25, -0.2) is 4.68 Å². The molecule has 0 bridgehead atoms. The number of anilines is 1. The average Bonchev–Trinajstić information content (AvgIpc) is 3.17. The van der Waals surface area contributed by atoms with Crippen LogP contribution in [-0.4, -0.2) is 19.6 Å². The van der Waals surface area contributed by atoms with Gasteiger partial charge in [0.2, 0.25) is 0 Å². The summed E-state index contributed by atoms with van der Waals surface area (Å²) >= 11 is 0. The van der Waals surface area contributed by atoms with E-state index in [4.69, 9.17) is 0 Å². The molecule has 5 heteroatoms. The molecular weight excluding hydrogens is 262 g/mol. The molecule has 0 atom stereocenters. The van der Waals surface area contributed by atoms with Gasteiger partial charge in [-0.15, -0.1) is 0 Å². The Morgan fingerprint density at radius 3 is 2.90 bits per heavy atom. The van der Waals surface area contributed by atoms with E-state index in [0.717, 1.165) is 24.3 Å². The van der Waals surface area contributed by atoms with Crippen molar-refractivity contribution >= 4 is 11.9 Å². The molecule has 0 radical (unpaired) electrons. The van der Waals surface area contributed by atoms with Crippen LogP contribution in [0.5, 0.6) is 0 Å². The van der Waals surface area contributed by atoms with Crippen LogP contribution in [0.3, 0.4) is 0 Å². The first-order chi connectivity index (χ1) is 10.3. The van der Waals surface area contributed by atoms with E-state index >= 15 is 0 Å². The number of hydrogen-bond donors (Lipinski definition) is 1. The van der Waals surface area contributed by atoms with E-state index in [1.807, 2.05) is 35.4 Å². The highest BCUT2D eigenvalue weighted by Crippen LogP contribution is 2.13. The number of nitrogens with one attached hydrogen (secondary N) is 1. The zero-order chi connectivity index (χ0) is 14.5. The van der Waals surface area contributed by atoms with Gasteiger partial charge in [0, 0.05) is 42.6 Å². The summed E-state index contributed by atoms with van der Waals surface area (Å²) in [6.45, 7) is 5.19. The summed E-state index contributed by atoms with van der Waals surface area (Å²) in [6, 6.07) is 10.3. The zero-order valence-electron chi connectivity index (χ0n) is 11.7. The molecule has 0 amide bonds. The van der Waals surface area contributed by atoms with E-state index in [1.54, 1.807) is 17.1 Å². The second kappa shape index (κ2) is 6.09. The smallest absolute Gasteiger partial charge is 0.0660 e. The van der Waals surface area contributed by atoms with Gasteiger partial charge in [0.05, 0.1) is 12.7 Å². The monoisotopic (exact) mass is 279 g/mol. The topological polar surface area (TPSA) is 47.7 Å². The summed E-state index contributed by atoms with van der Waals surface area (Å²) in [5.74, 6) is 0. The maximum absolute atomic E-state index is 4.22. The minimum atomic E-state index is 0.735. The maximum atomic E-state index is 4.22. The number of benzene rings is 1. The molecule has 1 N–H and O–H groups in total. The number of rotatable bonds is 6. The lowest BCUT2D eigenvalue weighted by atomic mass is 10.2. The first-order valence-electron chi connectivity index (χ1n) is 6.79. The highest BCUT2D eigenvalue weighted by atomic mass is 15.3. The molecule has 0 saturated heterocycles. The average molecular weight is 279 g/mol. The molecule has 3 aromatic rings. The largest absolute Gasteiger partial charge is 0.381 e. The zero-order valence-corrected chi connectivity index (χ0v) is 11.7. The summed E-state index contributed by atoms with van der Waals surface area (Å²) in [5, 5.41) is 11.8. The van der Waals surface area contributed by atoms with Gasteiger partial charge in [-0.05, 0) is 23.8 Å². The van der Waals surface area contributed by atoms with Crippen molar-refractivity contribution in [1.82, 2.24) is 19.6 Å². The van der Waals surface area contributed by atoms with Gasteiger partial charge >= 0.3 is 0 Å². The second-order valence-corrected chi connectivity index (χ2v) is 4.77. The highest BCUT2D eigenvalue weighted by Gasteiger charge is 2.00. The van der Waals surface area contributed by atoms with Crippen molar-refractivity contribution < 1.29 is 0 Å². The molecule has 0 aliphatic heterocycles. The fourth-order valence-corrected chi connectivity index (χ4v) is 2.13. The van der Waals surface area contributed by atoms with E-state index in [9.17, 15) is 0 Å². The van der Waals surface area contributed by atoms with E-state index in [2.05, 4.69) is 40.3 Å². The predicted molar refractivity (Wildman–Crippen MR) is 83.7 cm³/mol. The van der Waals surface area contributed by atoms with Crippen molar-refractivity contribution in [2.75, 3.05) is 5.32 Å². The second-order valence-electron chi connectivity index (χ2n) is 4.77. The Morgan fingerprint density at radius 1 is 1.19 bits per heavy atom. The van der Waals surface area contributed by atoms with Crippen LogP contribution in [-0.2, 0) is 13.1 Å². The molecule has 106 valence electrons. The first kappa shape index (κ1) is 13.2. The Balaban J connectivity index is 1.64. The first-order valence-corrected chi connectivity index (χ1v) is 6.79. The highest BCUT2D eigenvalue weighted by molar-refractivity contribution is 5.46. The van der Waals surface area contributed by atoms with E-state index < -0.39 is 0 Å². The predicted octanol–water partition coefficient (Wildman–Crippen LogP) is 2.84. The van der Waals surface area contributed by atoms with Crippen molar-refractivity contribution in [3.8, 4) is 0 Å². The molecule has 0 saturated carbocycles. The number of hydrogen-bond acceptors (Lipinski definition) is 3. The Labute approximate surface area is 123 Å². The molecule has 0 fully saturated rings. The number of aromatic nitrogens is 4. The molecule has 3 rings (SSSR count). The lowest BCUT2D eigenvalue weighted by Crippen LogP contribution is -2.02. The van der Waals surface area contributed by atoms with E-state index in [-0.39, 0.29) is 0 Å². The van der Waals surface area contributed by atoms with Crippen molar-refractivity contribution in [3.05, 3.63) is 72.8 Å². The van der Waals surface area contributed by atoms with Crippen molar-refractivity contribution in [2.24, 2.45) is 0 Å². The molecule has 0 spiro atoms. The molecule has 2 aromatic heterocycles. The van der Waals surface area contributed by atoms with Gasteiger partial charge in [-0.1, -0.05) is 18.7 Å². The summed E-state index contributed by atoms with van der Waals surface area (Å²) in [6.07, 6.45) is 9.22. The fraction of sp³-hybridized carbons (Fsp3) is 0.125. The van der Waals surface area contributed by atoms with Crippen LogP contribution in [0, 0.1) is 0 Å². The third kappa shape index (κ3) is 3.39. The minimum Gasteiger partial charge on any atom is -0.381 e. The molecule has 21 heavy (non-hydrogen) atoms. The Bertz CT molecular complexity index is 712. The lowest BCUT2D eigenvalue weighted by molar-refractivity contribution is 0.687. The molecule has 0 aliphatic rings. The van der Waals surface area contributed by atoms with Crippen LogP contribution in [0.15, 0.2) is 61.7 Å². The van der Waals surface area contributed by atoms with Crippen molar-refractivity contribution in [3.63, 3.8) is 0 Å². The maximum Gasteiger partial charge on any atom is 0.0660 e. The van der Waals surface area contributed by atoms with Crippen LogP contribution < -0.4 is 5.32 Å². The van der Waals surface area contributed by atoms with Crippen molar-refractivity contribution in [2.45, 2.75) is 13.1 Å². The quantitative estimate of drug-likeness (QED) is 0.754. The van der Waals surface area contributed by atoms with Crippen LogP contribution in [0.4, 0.5) is 5.69 Å². The SMILES string of the molecule is C=Cn1cc(CNc2cccc(Cn3cccn3)c2)cn1. The Kier molecular flexibility index (Phi) is 3.82. The van der Waals surface area contributed by atoms with E-state index in [0.29, 0.717) is 0 Å². The van der Waals surface area contributed by atoms with Gasteiger partial charge in [0.15, 0.2) is 0 Å². The lowest BCUT2D eigenvalue weighted by Gasteiger charge is -2.07. The molecule has 0 aliphatic carbocycles. The molecule has 5 nitrogen and oxygen atoms in total. The Hall–Kier alpha value is -2.82. The van der Waals surface area contributed by atoms with Gasteiger partial charge in [0.25, 0.3) is 0 Å². The third-order valence-electron chi connectivity index (χ3n) is 3.17. The number of nitrogens with zero attached hydrogens (tertiary/aromatic N) is 4. The summed E-state index contributed by atoms with van der Waals surface area (Å²) in [5.41, 5.74) is 3.42. The van der Waals surface area contributed by atoms with Crippen LogP contribution in [0.25, 0.3) is 6.20 Å². The third-order valence-corrected chi connectivity index (χ3v) is 3.17. The van der Waals surface area contributed by atoms with Crippen molar-refractivity contribution in [1.29, 1.82) is 0 Å². The van der Waals surface area contributed by atoms with Gasteiger partial charge < -0.3 is 5.32 Å². The van der Waals surface area contributed by atoms with Gasteiger partial charge in [-0.3, -0.25) is 4.68 Å². The molecule has 2 heterocycles. The van der Waals surface area contributed by atoms with Gasteiger partial charge in [-0.2, -0.15) is 10.2 Å². The van der Waals surface area contributed by atoms with Crippen LogP contribution in [0.2, 0.25) is 0 Å². The summed E-state index contributed by atoms with van der Waals surface area (Å²) in [4.78, 5) is 0. The van der Waals surface area contributed by atoms with Gasteiger partial charge in [0.1, 0.15) is 0 Å². The summed E-state index contributed by atoms with van der Waals surface area (Å²) in [7, 11) is 0. The summed E-state index contributed by atoms with van der Waals surface area (Å²) < 4.78 is 3.61. The van der Waals surface area contributed by atoms with Crippen LogP contribution in [0.1, 0.15) is 11.1 Å². The Morgan fingerprint density at radius 2 is 2.14 bits per heavy atom.